The first-order chi connectivity index (χ1) is 9.36. The van der Waals surface area contributed by atoms with E-state index in [1.165, 1.54) is 12.1 Å². The van der Waals surface area contributed by atoms with Crippen molar-refractivity contribution in [3.63, 3.8) is 0 Å². The SMILES string of the molecule is Cc1ccc(C(=O)Oc2ccc(S(=O)(=O)O)cc2)cc1.[H-].[Na+]. The van der Waals surface area contributed by atoms with Gasteiger partial charge in [-0.3, -0.25) is 4.55 Å². The maximum Gasteiger partial charge on any atom is 1.00 e. The number of hydrogen-bond donors (Lipinski definition) is 1. The number of rotatable bonds is 3. The summed E-state index contributed by atoms with van der Waals surface area (Å²) >= 11 is 0. The van der Waals surface area contributed by atoms with E-state index in [0.29, 0.717) is 5.56 Å². The van der Waals surface area contributed by atoms with Crippen LogP contribution in [0.3, 0.4) is 0 Å². The second-order valence-corrected chi connectivity index (χ2v) is 5.62. The molecule has 21 heavy (non-hydrogen) atoms. The molecule has 2 aromatic rings. The van der Waals surface area contributed by atoms with Gasteiger partial charge in [-0.2, -0.15) is 8.42 Å². The summed E-state index contributed by atoms with van der Waals surface area (Å²) in [5, 5.41) is 0. The summed E-state index contributed by atoms with van der Waals surface area (Å²) in [7, 11) is -4.25. The van der Waals surface area contributed by atoms with Crippen LogP contribution in [-0.4, -0.2) is 18.9 Å². The Hall–Kier alpha value is -1.18. The normalized spacial score (nSPS) is 10.6. The van der Waals surface area contributed by atoms with Crippen LogP contribution in [-0.2, 0) is 10.1 Å². The van der Waals surface area contributed by atoms with Crippen LogP contribution in [0.25, 0.3) is 0 Å². The Morgan fingerprint density at radius 2 is 1.57 bits per heavy atom. The van der Waals surface area contributed by atoms with E-state index in [9.17, 15) is 13.2 Å². The van der Waals surface area contributed by atoms with Gasteiger partial charge in [0.05, 0.1) is 10.5 Å². The van der Waals surface area contributed by atoms with E-state index < -0.39 is 16.1 Å². The van der Waals surface area contributed by atoms with Gasteiger partial charge >= 0.3 is 35.5 Å². The number of aryl methyl sites for hydroxylation is 1. The van der Waals surface area contributed by atoms with Gasteiger partial charge in [0.1, 0.15) is 5.75 Å². The molecule has 0 unspecified atom stereocenters. The first kappa shape index (κ1) is 17.9. The summed E-state index contributed by atoms with van der Waals surface area (Å²) < 4.78 is 35.7. The molecule has 106 valence electrons. The Bertz CT molecular complexity index is 727. The number of benzene rings is 2. The predicted octanol–water partition coefficient (Wildman–Crippen LogP) is -0.423. The molecule has 0 radical (unpaired) electrons. The summed E-state index contributed by atoms with van der Waals surface area (Å²) in [5.74, 6) is -0.340. The minimum atomic E-state index is -4.25. The summed E-state index contributed by atoms with van der Waals surface area (Å²) in [6, 6.07) is 11.8. The van der Waals surface area contributed by atoms with Crippen molar-refractivity contribution in [2.75, 3.05) is 0 Å². The van der Waals surface area contributed by atoms with Crippen LogP contribution in [0.4, 0.5) is 0 Å². The van der Waals surface area contributed by atoms with Crippen molar-refractivity contribution in [1.29, 1.82) is 0 Å². The summed E-state index contributed by atoms with van der Waals surface area (Å²) in [5.41, 5.74) is 1.42. The van der Waals surface area contributed by atoms with Gasteiger partial charge in [0.15, 0.2) is 0 Å². The summed E-state index contributed by atoms with van der Waals surface area (Å²) in [6.07, 6.45) is 0. The molecule has 7 heteroatoms. The minimum Gasteiger partial charge on any atom is -1.00 e. The van der Waals surface area contributed by atoms with E-state index in [4.69, 9.17) is 9.29 Å². The van der Waals surface area contributed by atoms with Crippen LogP contribution < -0.4 is 34.3 Å². The van der Waals surface area contributed by atoms with E-state index in [1.54, 1.807) is 24.3 Å². The first-order valence-electron chi connectivity index (χ1n) is 5.73. The van der Waals surface area contributed by atoms with E-state index >= 15 is 0 Å². The van der Waals surface area contributed by atoms with Gasteiger partial charge in [0.2, 0.25) is 0 Å². The molecule has 0 atom stereocenters. The molecule has 0 aliphatic heterocycles. The summed E-state index contributed by atoms with van der Waals surface area (Å²) in [4.78, 5) is 11.6. The second-order valence-electron chi connectivity index (χ2n) is 4.20. The van der Waals surface area contributed by atoms with Gasteiger partial charge in [-0.05, 0) is 43.3 Å². The molecule has 0 saturated heterocycles. The molecule has 0 aliphatic carbocycles. The van der Waals surface area contributed by atoms with Gasteiger partial charge in [-0.15, -0.1) is 0 Å². The van der Waals surface area contributed by atoms with Crippen molar-refractivity contribution in [2.45, 2.75) is 11.8 Å². The molecule has 0 spiro atoms. The zero-order valence-corrected chi connectivity index (χ0v) is 14.4. The Kier molecular flexibility index (Phi) is 6.12. The maximum atomic E-state index is 11.8. The number of ether oxygens (including phenoxy) is 1. The molecular weight excluding hydrogens is 303 g/mol. The molecule has 0 amide bonds. The third-order valence-electron chi connectivity index (χ3n) is 2.62. The number of esters is 1. The van der Waals surface area contributed by atoms with Crippen molar-refractivity contribution in [3.8, 4) is 5.75 Å². The van der Waals surface area contributed by atoms with Crippen molar-refractivity contribution < 1.29 is 53.5 Å². The second kappa shape index (κ2) is 7.20. The van der Waals surface area contributed by atoms with Crippen molar-refractivity contribution in [3.05, 3.63) is 59.7 Å². The van der Waals surface area contributed by atoms with E-state index in [-0.39, 0.29) is 41.6 Å². The average Bonchev–Trinajstić information content (AvgIpc) is 2.39. The standard InChI is InChI=1S/C14H12O5S.Na.H/c1-10-2-4-11(5-3-10)14(15)19-12-6-8-13(9-7-12)20(16,17)18;;/h2-9H,1H3,(H,16,17,18);;/q;+1;-1. The predicted molar refractivity (Wildman–Crippen MR) is 73.5 cm³/mol. The zero-order chi connectivity index (χ0) is 14.8. The first-order valence-corrected chi connectivity index (χ1v) is 7.17. The van der Waals surface area contributed by atoms with Gasteiger partial charge in [-0.25, -0.2) is 4.79 Å². The molecule has 2 rings (SSSR count). The van der Waals surface area contributed by atoms with Gasteiger partial charge in [0, 0.05) is 0 Å². The van der Waals surface area contributed by atoms with Crippen LogP contribution in [0.2, 0.25) is 0 Å². The molecule has 0 aliphatic rings. The number of carbonyl (C=O) groups excluding carboxylic acids is 1. The molecular formula is C14H13NaO5S. The van der Waals surface area contributed by atoms with Crippen molar-refractivity contribution in [1.82, 2.24) is 0 Å². The fourth-order valence-corrected chi connectivity index (χ4v) is 2.02. The Morgan fingerprint density at radius 1 is 1.05 bits per heavy atom. The van der Waals surface area contributed by atoms with Crippen LogP contribution in [0.5, 0.6) is 5.75 Å². The van der Waals surface area contributed by atoms with Crippen LogP contribution in [0.1, 0.15) is 17.3 Å². The zero-order valence-electron chi connectivity index (χ0n) is 12.6. The van der Waals surface area contributed by atoms with Crippen LogP contribution in [0, 0.1) is 6.92 Å². The van der Waals surface area contributed by atoms with Crippen molar-refractivity contribution >= 4 is 16.1 Å². The third kappa shape index (κ3) is 4.94. The molecule has 0 fully saturated rings. The number of hydrogen-bond acceptors (Lipinski definition) is 4. The van der Waals surface area contributed by atoms with Gasteiger partial charge < -0.3 is 6.16 Å². The molecule has 0 aromatic heterocycles. The summed E-state index contributed by atoms with van der Waals surface area (Å²) in [6.45, 7) is 1.91. The Morgan fingerprint density at radius 3 is 2.05 bits per heavy atom. The molecule has 1 N–H and O–H groups in total. The smallest absolute Gasteiger partial charge is 1.00 e. The topological polar surface area (TPSA) is 80.7 Å². The molecule has 0 bridgehead atoms. The minimum absolute atomic E-state index is 0. The van der Waals surface area contributed by atoms with E-state index in [1.807, 2.05) is 6.92 Å². The fraction of sp³-hybridized carbons (Fsp3) is 0.0714. The maximum absolute atomic E-state index is 11.8. The quantitative estimate of drug-likeness (QED) is 0.360. The Labute approximate surface area is 146 Å². The largest absolute Gasteiger partial charge is 1.00 e. The Balaban J connectivity index is 0.00000220. The fourth-order valence-electron chi connectivity index (χ4n) is 1.54. The van der Waals surface area contributed by atoms with E-state index in [0.717, 1.165) is 17.7 Å². The van der Waals surface area contributed by atoms with Crippen molar-refractivity contribution in [2.24, 2.45) is 0 Å². The third-order valence-corrected chi connectivity index (χ3v) is 3.49. The van der Waals surface area contributed by atoms with Crippen LogP contribution in [0.15, 0.2) is 53.4 Å². The molecule has 2 aromatic carbocycles. The molecule has 5 nitrogen and oxygen atoms in total. The van der Waals surface area contributed by atoms with Gasteiger partial charge in [-0.1, -0.05) is 17.7 Å². The van der Waals surface area contributed by atoms with E-state index in [2.05, 4.69) is 0 Å². The van der Waals surface area contributed by atoms with Gasteiger partial charge in [0.25, 0.3) is 10.1 Å². The molecule has 0 saturated carbocycles. The average molecular weight is 316 g/mol. The molecule has 0 heterocycles. The number of carbonyl (C=O) groups is 1. The monoisotopic (exact) mass is 316 g/mol. The van der Waals surface area contributed by atoms with Crippen LogP contribution >= 0.6 is 0 Å².